The van der Waals surface area contributed by atoms with Gasteiger partial charge < -0.3 is 25.8 Å². The second-order valence-corrected chi connectivity index (χ2v) is 13.9. The molecule has 11 nitrogen and oxygen atoms in total. The maximum Gasteiger partial charge on any atom is 0.491 e. The summed E-state index contributed by atoms with van der Waals surface area (Å²) in [6, 6.07) is 17.6. The zero-order valence-corrected chi connectivity index (χ0v) is 26.1. The fourth-order valence-electron chi connectivity index (χ4n) is 5.03. The van der Waals surface area contributed by atoms with Gasteiger partial charge in [0.25, 0.3) is 7.37 Å². The van der Waals surface area contributed by atoms with Gasteiger partial charge in [-0.15, -0.1) is 0 Å². The number of alkyl halides is 3. The lowest BCUT2D eigenvalue weighted by Gasteiger charge is -2.29. The molecule has 2 aromatic rings. The summed E-state index contributed by atoms with van der Waals surface area (Å²) in [5.41, 5.74) is 7.32. The first-order valence-corrected chi connectivity index (χ1v) is 16.6. The third kappa shape index (κ3) is 10.4. The standard InChI is InChI=1S/C31H37F3N5O6P/c1-21(38-27(40)15-14-26(36)29(42)39-16-8-13-25(39)18-35)46(44,45-30(43)31(32,33)34)20-24(17-22-9-4-2-5-10-22)28(41)37-19-23-11-6-3-7-12-23/h2-7,9-12,21,24-26H,8,13-17,19-20,36H2,1H3,(H,37,41)(H,38,40). The van der Waals surface area contributed by atoms with Crippen LogP contribution in [0.4, 0.5) is 13.2 Å². The summed E-state index contributed by atoms with van der Waals surface area (Å²) in [5.74, 6) is -7.52. The van der Waals surface area contributed by atoms with Gasteiger partial charge in [-0.05, 0) is 43.7 Å². The summed E-state index contributed by atoms with van der Waals surface area (Å²) in [6.07, 6.45) is -5.74. The number of halogens is 3. The summed E-state index contributed by atoms with van der Waals surface area (Å²) >= 11 is 0. The first-order valence-electron chi connectivity index (χ1n) is 14.7. The summed E-state index contributed by atoms with van der Waals surface area (Å²) in [5, 5.41) is 14.2. The van der Waals surface area contributed by atoms with Crippen molar-refractivity contribution in [1.29, 1.82) is 5.26 Å². The van der Waals surface area contributed by atoms with Gasteiger partial charge in [-0.2, -0.15) is 18.4 Å². The topological polar surface area (TPSA) is 172 Å². The molecule has 0 radical (unpaired) electrons. The van der Waals surface area contributed by atoms with Crippen LogP contribution >= 0.6 is 7.37 Å². The maximum absolute atomic E-state index is 14.1. The Morgan fingerprint density at radius 3 is 2.28 bits per heavy atom. The molecule has 4 N–H and O–H groups in total. The average Bonchev–Trinajstić information content (AvgIpc) is 3.51. The Labute approximate surface area is 265 Å². The SMILES string of the molecule is CC(NC(=O)CCC(N)C(=O)N1CCCC1C#N)P(=O)(CC(Cc1ccccc1)C(=O)NCc1ccccc1)OC(=O)C(F)(F)F. The second kappa shape index (κ2) is 16.4. The van der Waals surface area contributed by atoms with E-state index < -0.39 is 67.2 Å². The van der Waals surface area contributed by atoms with Gasteiger partial charge in [0.1, 0.15) is 11.8 Å². The molecule has 1 fully saturated rings. The van der Waals surface area contributed by atoms with Gasteiger partial charge in [-0.25, -0.2) is 4.79 Å². The van der Waals surface area contributed by atoms with Crippen molar-refractivity contribution in [3.05, 3.63) is 71.8 Å². The molecule has 3 amide bonds. The minimum absolute atomic E-state index is 0.0488. The van der Waals surface area contributed by atoms with Crippen LogP contribution in [0.15, 0.2) is 60.7 Å². The number of nitriles is 1. The molecule has 1 aliphatic rings. The minimum Gasteiger partial charge on any atom is -0.403 e. The Kier molecular flexibility index (Phi) is 12.9. The second-order valence-electron chi connectivity index (χ2n) is 11.1. The highest BCUT2D eigenvalue weighted by atomic mass is 31.2. The third-order valence-electron chi connectivity index (χ3n) is 7.59. The molecule has 1 heterocycles. The van der Waals surface area contributed by atoms with E-state index in [1.165, 1.54) is 4.90 Å². The molecule has 0 aromatic heterocycles. The quantitative estimate of drug-likeness (QED) is 0.257. The molecule has 5 atom stereocenters. The van der Waals surface area contributed by atoms with Crippen LogP contribution < -0.4 is 16.4 Å². The Balaban J connectivity index is 1.77. The lowest BCUT2D eigenvalue weighted by atomic mass is 10.00. The monoisotopic (exact) mass is 663 g/mol. The van der Waals surface area contributed by atoms with E-state index in [1.54, 1.807) is 60.7 Å². The molecule has 3 rings (SSSR count). The van der Waals surface area contributed by atoms with Crippen molar-refractivity contribution in [3.63, 3.8) is 0 Å². The number of rotatable bonds is 14. The first-order chi connectivity index (χ1) is 21.7. The van der Waals surface area contributed by atoms with Crippen LogP contribution in [0.3, 0.4) is 0 Å². The fourth-order valence-corrected chi connectivity index (χ4v) is 7.22. The van der Waals surface area contributed by atoms with Gasteiger partial charge in [0.15, 0.2) is 0 Å². The molecule has 1 saturated heterocycles. The predicted molar refractivity (Wildman–Crippen MR) is 162 cm³/mol. The fraction of sp³-hybridized carbons (Fsp3) is 0.452. The van der Waals surface area contributed by atoms with Crippen LogP contribution in [0, 0.1) is 17.2 Å². The van der Waals surface area contributed by atoms with Crippen molar-refractivity contribution in [3.8, 4) is 6.07 Å². The normalized spacial score (nSPS) is 17.9. The van der Waals surface area contributed by atoms with Crippen LogP contribution in [0.25, 0.3) is 0 Å². The molecule has 248 valence electrons. The van der Waals surface area contributed by atoms with Crippen molar-refractivity contribution in [2.24, 2.45) is 11.7 Å². The molecule has 15 heteroatoms. The van der Waals surface area contributed by atoms with E-state index in [0.29, 0.717) is 24.9 Å². The smallest absolute Gasteiger partial charge is 0.403 e. The summed E-state index contributed by atoms with van der Waals surface area (Å²) in [6.45, 7) is 1.55. The highest BCUT2D eigenvalue weighted by Crippen LogP contribution is 2.54. The number of benzene rings is 2. The Hall–Kier alpha value is -4.21. The molecule has 2 aromatic carbocycles. The van der Waals surface area contributed by atoms with Crippen LogP contribution in [0.1, 0.15) is 43.7 Å². The third-order valence-corrected chi connectivity index (χ3v) is 10.3. The number of hydrogen-bond acceptors (Lipinski definition) is 8. The molecule has 0 saturated carbocycles. The van der Waals surface area contributed by atoms with Gasteiger partial charge in [0.2, 0.25) is 17.7 Å². The van der Waals surface area contributed by atoms with E-state index in [0.717, 1.165) is 12.5 Å². The number of nitrogens with one attached hydrogen (secondary N) is 2. The molecular formula is C31H37F3N5O6P. The predicted octanol–water partition coefficient (Wildman–Crippen LogP) is 3.63. The van der Waals surface area contributed by atoms with Crippen molar-refractivity contribution < 1.29 is 41.4 Å². The van der Waals surface area contributed by atoms with Crippen molar-refractivity contribution in [2.75, 3.05) is 12.7 Å². The van der Waals surface area contributed by atoms with E-state index >= 15 is 0 Å². The number of likely N-dealkylation sites (tertiary alicyclic amines) is 1. The highest BCUT2D eigenvalue weighted by Gasteiger charge is 2.48. The average molecular weight is 664 g/mol. The number of nitrogens with two attached hydrogens (primary N) is 1. The molecule has 1 aliphatic heterocycles. The van der Waals surface area contributed by atoms with Crippen LogP contribution in [-0.2, 0) is 41.2 Å². The molecule has 0 spiro atoms. The number of carbonyl (C=O) groups is 4. The number of amides is 3. The van der Waals surface area contributed by atoms with E-state index in [9.17, 15) is 42.2 Å². The molecule has 0 bridgehead atoms. The zero-order chi connectivity index (χ0) is 33.9. The Bertz CT molecular complexity index is 1450. The maximum atomic E-state index is 14.1. The molecule has 0 aliphatic carbocycles. The van der Waals surface area contributed by atoms with Gasteiger partial charge in [-0.1, -0.05) is 60.7 Å². The van der Waals surface area contributed by atoms with Gasteiger partial charge in [-0.3, -0.25) is 18.9 Å². The molecular weight excluding hydrogens is 626 g/mol. The van der Waals surface area contributed by atoms with Crippen LogP contribution in [-0.4, -0.2) is 65.3 Å². The van der Waals surface area contributed by atoms with Gasteiger partial charge in [0, 0.05) is 25.7 Å². The summed E-state index contributed by atoms with van der Waals surface area (Å²) in [7, 11) is -4.76. The van der Waals surface area contributed by atoms with Crippen LogP contribution in [0.5, 0.6) is 0 Å². The van der Waals surface area contributed by atoms with Crippen molar-refractivity contribution in [1.82, 2.24) is 15.5 Å². The minimum atomic E-state index is -5.49. The van der Waals surface area contributed by atoms with Gasteiger partial charge >= 0.3 is 12.1 Å². The summed E-state index contributed by atoms with van der Waals surface area (Å²) < 4.78 is 58.6. The highest BCUT2D eigenvalue weighted by molar-refractivity contribution is 7.60. The van der Waals surface area contributed by atoms with E-state index in [-0.39, 0.29) is 25.8 Å². The number of hydrogen-bond donors (Lipinski definition) is 3. The molecule has 46 heavy (non-hydrogen) atoms. The zero-order valence-electron chi connectivity index (χ0n) is 25.2. The van der Waals surface area contributed by atoms with E-state index in [1.807, 2.05) is 6.07 Å². The lowest BCUT2D eigenvalue weighted by Crippen LogP contribution is -2.46. The Morgan fingerprint density at radius 1 is 1.09 bits per heavy atom. The molecule has 5 unspecified atom stereocenters. The van der Waals surface area contributed by atoms with E-state index in [4.69, 9.17) is 5.73 Å². The van der Waals surface area contributed by atoms with Crippen molar-refractivity contribution in [2.45, 2.75) is 69.6 Å². The largest absolute Gasteiger partial charge is 0.491 e. The number of carbonyl (C=O) groups excluding carboxylic acids is 4. The number of nitrogens with zero attached hydrogens (tertiary/aromatic N) is 2. The summed E-state index contributed by atoms with van der Waals surface area (Å²) in [4.78, 5) is 52.1. The van der Waals surface area contributed by atoms with Gasteiger partial charge in [0.05, 0.1) is 18.0 Å². The van der Waals surface area contributed by atoms with Crippen molar-refractivity contribution >= 4 is 31.1 Å². The van der Waals surface area contributed by atoms with Crippen LogP contribution in [0.2, 0.25) is 0 Å². The Morgan fingerprint density at radius 2 is 1.70 bits per heavy atom. The first kappa shape index (κ1) is 36.3. The van der Waals surface area contributed by atoms with E-state index in [2.05, 4.69) is 15.2 Å². The lowest BCUT2D eigenvalue weighted by molar-refractivity contribution is -0.189.